The van der Waals surface area contributed by atoms with E-state index in [4.69, 9.17) is 36.2 Å². The molecule has 0 saturated carbocycles. The predicted octanol–water partition coefficient (Wildman–Crippen LogP) is 6.70. The molecule has 30 heavy (non-hydrogen) atoms. The summed E-state index contributed by atoms with van der Waals surface area (Å²) in [5.74, 6) is 0.471. The van der Waals surface area contributed by atoms with Crippen LogP contribution in [0.4, 0.5) is 0 Å². The fraction of sp³-hybridized carbons (Fsp3) is 0.571. The average Bonchev–Trinajstić information content (AvgIpc) is 2.77. The molecule has 1 heterocycles. The lowest BCUT2D eigenvalue weighted by Gasteiger charge is -2.30. The van der Waals surface area contributed by atoms with Gasteiger partial charge in [-0.3, -0.25) is 0 Å². The van der Waals surface area contributed by atoms with Crippen LogP contribution >= 0.6 is 30.6 Å². The van der Waals surface area contributed by atoms with Gasteiger partial charge in [0.15, 0.2) is 0 Å². The maximum atomic E-state index is 6.14. The molecule has 0 amide bonds. The van der Waals surface area contributed by atoms with E-state index in [0.717, 1.165) is 5.56 Å². The van der Waals surface area contributed by atoms with E-state index in [2.05, 4.69) is 18.1 Å². The lowest BCUT2D eigenvalue weighted by Crippen LogP contribution is -2.00. The molecule has 0 saturated heterocycles. The van der Waals surface area contributed by atoms with Crippen molar-refractivity contribution in [2.24, 2.45) is 18.1 Å². The highest BCUT2D eigenvalue weighted by molar-refractivity contribution is 7.78. The molecule has 1 aliphatic rings. The van der Waals surface area contributed by atoms with Crippen LogP contribution < -0.4 is 4.52 Å². The van der Waals surface area contributed by atoms with Gasteiger partial charge in [-0.15, -0.1) is 18.1 Å². The van der Waals surface area contributed by atoms with Crippen LogP contribution in [0.5, 0.6) is 5.75 Å². The Kier molecular flexibility index (Phi) is 9.09. The number of hydrogen-bond acceptors (Lipinski definition) is 12. The number of hydrogen-bond donors (Lipinski definition) is 0. The molecule has 0 aromatic heterocycles. The second-order valence-electron chi connectivity index (χ2n) is 5.50. The molecule has 0 aliphatic carbocycles. The summed E-state index contributed by atoms with van der Waals surface area (Å²) in [6.45, 7) is 1.96. The lowest BCUT2D eigenvalue weighted by molar-refractivity contribution is 0.306. The van der Waals surface area contributed by atoms with Crippen molar-refractivity contribution in [3.63, 3.8) is 0 Å². The molecule has 0 bridgehead atoms. The molecule has 2 rings (SSSR count). The summed E-state index contributed by atoms with van der Waals surface area (Å²) in [6, 6.07) is 7.32. The average molecular weight is 504 g/mol. The standard InChI is InChI=1S/C14H28N4O8P4/c1-13-9-11-14(12-10-13)26-30(25-8)17-28(21-4,22-5)15-27(19-2,20-3)16-29(18-30,23-6)24-7/h9-12H,1-8H3. The molecule has 12 nitrogen and oxygen atoms in total. The fourth-order valence-corrected chi connectivity index (χ4v) is 13.9. The molecule has 0 fully saturated rings. The molecule has 172 valence electrons. The summed E-state index contributed by atoms with van der Waals surface area (Å²) < 4.78 is 63.5. The number of aryl methyl sites for hydroxylation is 1. The molecule has 0 radical (unpaired) electrons. The third kappa shape index (κ3) is 5.52. The molecule has 16 heteroatoms. The highest BCUT2D eigenvalue weighted by Gasteiger charge is 2.41. The van der Waals surface area contributed by atoms with Crippen LogP contribution in [0, 0.1) is 6.92 Å². The van der Waals surface area contributed by atoms with Crippen LogP contribution in [-0.4, -0.2) is 49.8 Å². The van der Waals surface area contributed by atoms with E-state index in [9.17, 15) is 0 Å². The molecule has 1 aliphatic heterocycles. The lowest BCUT2D eigenvalue weighted by atomic mass is 10.2. The highest BCUT2D eigenvalue weighted by atomic mass is 31.3. The van der Waals surface area contributed by atoms with Crippen molar-refractivity contribution in [3.8, 4) is 5.75 Å². The quantitative estimate of drug-likeness (QED) is 0.341. The molecule has 1 unspecified atom stereocenters. The van der Waals surface area contributed by atoms with Crippen molar-refractivity contribution >= 4 is 30.6 Å². The zero-order valence-corrected chi connectivity index (χ0v) is 21.7. The van der Waals surface area contributed by atoms with Crippen LogP contribution in [0.3, 0.4) is 0 Å². The van der Waals surface area contributed by atoms with E-state index in [1.165, 1.54) is 49.8 Å². The normalized spacial score (nSPS) is 24.3. The minimum absolute atomic E-state index is 0.471. The van der Waals surface area contributed by atoms with Crippen LogP contribution in [0.2, 0.25) is 0 Å². The Hall–Kier alpha value is -0.340. The number of nitrogens with zero attached hydrogens (tertiary/aromatic N) is 4. The van der Waals surface area contributed by atoms with Crippen molar-refractivity contribution in [1.29, 1.82) is 0 Å². The van der Waals surface area contributed by atoms with Crippen LogP contribution in [0.25, 0.3) is 0 Å². The topological polar surface area (TPSA) is 123 Å². The van der Waals surface area contributed by atoms with Gasteiger partial charge < -0.3 is 36.2 Å². The van der Waals surface area contributed by atoms with Gasteiger partial charge in [-0.25, -0.2) is 0 Å². The minimum Gasteiger partial charge on any atom is -0.422 e. The Morgan fingerprint density at radius 2 is 0.800 bits per heavy atom. The Morgan fingerprint density at radius 1 is 0.500 bits per heavy atom. The van der Waals surface area contributed by atoms with Crippen molar-refractivity contribution in [2.75, 3.05) is 49.8 Å². The smallest absolute Gasteiger partial charge is 0.402 e. The second-order valence-corrected chi connectivity index (χ2v) is 15.0. The third-order valence-corrected chi connectivity index (χ3v) is 14.8. The molecular weight excluding hydrogens is 476 g/mol. The van der Waals surface area contributed by atoms with Crippen molar-refractivity contribution in [1.82, 2.24) is 0 Å². The zero-order chi connectivity index (χ0) is 22.5. The van der Waals surface area contributed by atoms with Gasteiger partial charge in [0.1, 0.15) is 5.75 Å². The first-order valence-corrected chi connectivity index (χ1v) is 14.6. The summed E-state index contributed by atoms with van der Waals surface area (Å²) in [7, 11) is -3.76. The van der Waals surface area contributed by atoms with E-state index in [0.29, 0.717) is 5.75 Å². The molecular formula is C14H28N4O8P4. The third-order valence-electron chi connectivity index (χ3n) is 3.81. The van der Waals surface area contributed by atoms with E-state index in [-0.39, 0.29) is 0 Å². The van der Waals surface area contributed by atoms with E-state index in [1.54, 1.807) is 12.1 Å². The summed E-state index contributed by atoms with van der Waals surface area (Å²) in [4.78, 5) is 0. The predicted molar refractivity (Wildman–Crippen MR) is 118 cm³/mol. The number of rotatable bonds is 9. The van der Waals surface area contributed by atoms with Gasteiger partial charge in [-0.2, -0.15) is 0 Å². The van der Waals surface area contributed by atoms with Crippen molar-refractivity contribution in [3.05, 3.63) is 29.8 Å². The molecule has 0 N–H and O–H groups in total. The summed E-state index contributed by atoms with van der Waals surface area (Å²) in [6.07, 6.45) is 0. The van der Waals surface area contributed by atoms with E-state index in [1.807, 2.05) is 19.1 Å². The first kappa shape index (κ1) is 25.9. The Morgan fingerprint density at radius 3 is 1.13 bits per heavy atom. The second kappa shape index (κ2) is 10.5. The monoisotopic (exact) mass is 504 g/mol. The van der Waals surface area contributed by atoms with Crippen LogP contribution in [0.1, 0.15) is 5.56 Å². The van der Waals surface area contributed by atoms with Crippen LogP contribution in [0.15, 0.2) is 42.3 Å². The maximum absolute atomic E-state index is 6.14. The van der Waals surface area contributed by atoms with Gasteiger partial charge in [0.2, 0.25) is 0 Å². The van der Waals surface area contributed by atoms with Gasteiger partial charge in [-0.05, 0) is 19.1 Å². The van der Waals surface area contributed by atoms with Crippen LogP contribution in [-0.2, 0) is 31.7 Å². The van der Waals surface area contributed by atoms with Gasteiger partial charge in [0, 0.05) is 49.8 Å². The summed E-state index contributed by atoms with van der Waals surface area (Å²) >= 11 is 0. The molecule has 1 aromatic carbocycles. The summed E-state index contributed by atoms with van der Waals surface area (Å²) in [5.41, 5.74) is 1.06. The summed E-state index contributed by atoms with van der Waals surface area (Å²) in [5, 5.41) is 0. The van der Waals surface area contributed by atoms with Gasteiger partial charge in [0.25, 0.3) is 0 Å². The van der Waals surface area contributed by atoms with Gasteiger partial charge in [-0.1, -0.05) is 17.7 Å². The Bertz CT molecular complexity index is 935. The molecule has 1 atom stereocenters. The van der Waals surface area contributed by atoms with E-state index >= 15 is 0 Å². The first-order valence-electron chi connectivity index (χ1n) is 8.44. The Labute approximate surface area is 177 Å². The van der Waals surface area contributed by atoms with Gasteiger partial charge >= 0.3 is 30.6 Å². The van der Waals surface area contributed by atoms with Crippen molar-refractivity contribution < 1.29 is 36.2 Å². The zero-order valence-electron chi connectivity index (χ0n) is 18.2. The molecule has 1 aromatic rings. The first-order chi connectivity index (χ1) is 14.2. The molecule has 0 spiro atoms. The minimum atomic E-state index is -3.50. The SMILES string of the molecule is COP1(OC)=NP(OC)(OC)=NP(OC)(Oc2ccc(C)cc2)=NP(OC)(OC)=N1. The van der Waals surface area contributed by atoms with E-state index < -0.39 is 30.6 Å². The van der Waals surface area contributed by atoms with Crippen molar-refractivity contribution in [2.45, 2.75) is 6.92 Å². The number of benzene rings is 1. The largest absolute Gasteiger partial charge is 0.422 e. The maximum Gasteiger partial charge on any atom is 0.402 e. The van der Waals surface area contributed by atoms with Gasteiger partial charge in [0.05, 0.1) is 0 Å². The highest BCUT2D eigenvalue weighted by Crippen LogP contribution is 2.79. The fourth-order valence-electron chi connectivity index (χ4n) is 2.19. The Balaban J connectivity index is 2.93.